The molecule has 5 nitrogen and oxygen atoms in total. The summed E-state index contributed by atoms with van der Waals surface area (Å²) in [4.78, 5) is 11.4. The monoisotopic (exact) mass is 256 g/mol. The van der Waals surface area contributed by atoms with Crippen molar-refractivity contribution in [3.05, 3.63) is 0 Å². The number of carbonyl (C=O) groups excluding carboxylic acids is 1. The van der Waals surface area contributed by atoms with Crippen LogP contribution in [-0.2, 0) is 14.3 Å². The van der Waals surface area contributed by atoms with Gasteiger partial charge in [0.15, 0.2) is 0 Å². The maximum absolute atomic E-state index is 11.4. The van der Waals surface area contributed by atoms with Gasteiger partial charge in [0.05, 0.1) is 12.1 Å². The molecule has 2 rings (SSSR count). The third kappa shape index (κ3) is 3.67. The van der Waals surface area contributed by atoms with Crippen molar-refractivity contribution in [2.75, 3.05) is 32.9 Å². The zero-order valence-corrected chi connectivity index (χ0v) is 11.2. The molecule has 1 amide bonds. The van der Waals surface area contributed by atoms with Crippen LogP contribution in [0.5, 0.6) is 0 Å². The minimum absolute atomic E-state index is 0.00456. The Hall–Kier alpha value is -0.650. The molecule has 5 heteroatoms. The molecule has 0 aromatic carbocycles. The van der Waals surface area contributed by atoms with Crippen molar-refractivity contribution < 1.29 is 14.3 Å². The van der Waals surface area contributed by atoms with E-state index >= 15 is 0 Å². The van der Waals surface area contributed by atoms with Crippen LogP contribution in [0.15, 0.2) is 0 Å². The minimum Gasteiger partial charge on any atom is -0.381 e. The van der Waals surface area contributed by atoms with E-state index in [0.717, 1.165) is 45.5 Å². The van der Waals surface area contributed by atoms with E-state index in [1.807, 2.05) is 6.92 Å². The highest BCUT2D eigenvalue weighted by molar-refractivity contribution is 5.77. The van der Waals surface area contributed by atoms with Gasteiger partial charge in [0, 0.05) is 32.4 Å². The van der Waals surface area contributed by atoms with Gasteiger partial charge in [-0.1, -0.05) is 0 Å². The van der Waals surface area contributed by atoms with Crippen LogP contribution in [0.3, 0.4) is 0 Å². The van der Waals surface area contributed by atoms with Gasteiger partial charge >= 0.3 is 0 Å². The summed E-state index contributed by atoms with van der Waals surface area (Å²) < 4.78 is 11.4. The fraction of sp³-hybridized carbons (Fsp3) is 0.923. The lowest BCUT2D eigenvalue weighted by Crippen LogP contribution is -2.51. The number of amides is 1. The van der Waals surface area contributed by atoms with Crippen LogP contribution in [0.1, 0.15) is 32.6 Å². The average molecular weight is 256 g/mol. The normalized spacial score (nSPS) is 27.1. The second-order valence-electron chi connectivity index (χ2n) is 5.17. The zero-order chi connectivity index (χ0) is 12.8. The molecule has 2 aliphatic rings. The van der Waals surface area contributed by atoms with Crippen LogP contribution in [-0.4, -0.2) is 50.5 Å². The number of rotatable bonds is 4. The van der Waals surface area contributed by atoms with E-state index < -0.39 is 0 Å². The van der Waals surface area contributed by atoms with Crippen LogP contribution in [0.4, 0.5) is 0 Å². The van der Waals surface area contributed by atoms with Crippen molar-refractivity contribution in [2.45, 2.75) is 44.2 Å². The van der Waals surface area contributed by atoms with E-state index in [1.54, 1.807) is 0 Å². The molecule has 2 heterocycles. The second-order valence-corrected chi connectivity index (χ2v) is 5.17. The standard InChI is InChI=1S/C13H24N2O3/c1-2-14-12(16)10-15-11-3-6-18-13(9-11)4-7-17-8-5-13/h11,15H,2-10H2,1H3,(H,14,16). The topological polar surface area (TPSA) is 59.6 Å². The fourth-order valence-corrected chi connectivity index (χ4v) is 2.79. The molecule has 2 aliphatic heterocycles. The molecule has 0 saturated carbocycles. The summed E-state index contributed by atoms with van der Waals surface area (Å²) >= 11 is 0. The maximum Gasteiger partial charge on any atom is 0.233 e. The zero-order valence-electron chi connectivity index (χ0n) is 11.2. The van der Waals surface area contributed by atoms with Gasteiger partial charge in [-0.3, -0.25) is 4.79 Å². The van der Waals surface area contributed by atoms with Crippen LogP contribution in [0.25, 0.3) is 0 Å². The molecule has 1 spiro atoms. The van der Waals surface area contributed by atoms with Crippen LogP contribution in [0, 0.1) is 0 Å². The van der Waals surface area contributed by atoms with Crippen molar-refractivity contribution >= 4 is 5.91 Å². The second kappa shape index (κ2) is 6.50. The largest absolute Gasteiger partial charge is 0.381 e. The third-order valence-electron chi connectivity index (χ3n) is 3.82. The number of ether oxygens (including phenoxy) is 2. The van der Waals surface area contributed by atoms with Crippen LogP contribution >= 0.6 is 0 Å². The Morgan fingerprint density at radius 1 is 1.33 bits per heavy atom. The molecule has 0 bridgehead atoms. The van der Waals surface area contributed by atoms with Crippen molar-refractivity contribution in [2.24, 2.45) is 0 Å². The number of carbonyl (C=O) groups is 1. The molecule has 0 aromatic heterocycles. The fourth-order valence-electron chi connectivity index (χ4n) is 2.79. The smallest absolute Gasteiger partial charge is 0.233 e. The predicted molar refractivity (Wildman–Crippen MR) is 68.4 cm³/mol. The van der Waals surface area contributed by atoms with Gasteiger partial charge in [0.25, 0.3) is 0 Å². The molecule has 0 aliphatic carbocycles. The number of likely N-dealkylation sites (N-methyl/N-ethyl adjacent to an activating group) is 1. The Morgan fingerprint density at radius 2 is 2.11 bits per heavy atom. The molecule has 2 saturated heterocycles. The third-order valence-corrected chi connectivity index (χ3v) is 3.82. The first-order valence-corrected chi connectivity index (χ1v) is 6.96. The molecule has 1 unspecified atom stereocenters. The number of hydrogen-bond donors (Lipinski definition) is 2. The molecule has 0 radical (unpaired) electrons. The number of hydrogen-bond acceptors (Lipinski definition) is 4. The average Bonchev–Trinajstić information content (AvgIpc) is 2.38. The maximum atomic E-state index is 11.4. The molecular formula is C13H24N2O3. The summed E-state index contributed by atoms with van der Waals surface area (Å²) in [6.45, 7) is 5.41. The summed E-state index contributed by atoms with van der Waals surface area (Å²) in [5.74, 6) is 0.0741. The Balaban J connectivity index is 1.77. The Kier molecular flexibility index (Phi) is 4.97. The van der Waals surface area contributed by atoms with Crippen molar-refractivity contribution in [1.82, 2.24) is 10.6 Å². The molecule has 104 valence electrons. The lowest BCUT2D eigenvalue weighted by Gasteiger charge is -2.43. The summed E-state index contributed by atoms with van der Waals surface area (Å²) in [5.41, 5.74) is -0.00456. The lowest BCUT2D eigenvalue weighted by molar-refractivity contribution is -0.141. The Labute approximate surface area is 109 Å². The van der Waals surface area contributed by atoms with Gasteiger partial charge < -0.3 is 20.1 Å². The first-order valence-electron chi connectivity index (χ1n) is 6.96. The van der Waals surface area contributed by atoms with E-state index in [4.69, 9.17) is 9.47 Å². The Morgan fingerprint density at radius 3 is 2.83 bits per heavy atom. The molecule has 0 aromatic rings. The minimum atomic E-state index is -0.00456. The van der Waals surface area contributed by atoms with Crippen molar-refractivity contribution in [3.8, 4) is 0 Å². The van der Waals surface area contributed by atoms with E-state index in [1.165, 1.54) is 0 Å². The van der Waals surface area contributed by atoms with Gasteiger partial charge in [-0.2, -0.15) is 0 Å². The first-order chi connectivity index (χ1) is 8.74. The summed E-state index contributed by atoms with van der Waals surface area (Å²) in [6.07, 6.45) is 3.94. The van der Waals surface area contributed by atoms with Crippen molar-refractivity contribution in [1.29, 1.82) is 0 Å². The van der Waals surface area contributed by atoms with E-state index in [2.05, 4.69) is 10.6 Å². The van der Waals surface area contributed by atoms with Crippen LogP contribution < -0.4 is 10.6 Å². The van der Waals surface area contributed by atoms with E-state index in [0.29, 0.717) is 19.1 Å². The van der Waals surface area contributed by atoms with Gasteiger partial charge in [0.2, 0.25) is 5.91 Å². The summed E-state index contributed by atoms with van der Waals surface area (Å²) in [7, 11) is 0. The molecule has 2 fully saturated rings. The molecule has 18 heavy (non-hydrogen) atoms. The van der Waals surface area contributed by atoms with Gasteiger partial charge in [-0.25, -0.2) is 0 Å². The Bertz CT molecular complexity index is 272. The summed E-state index contributed by atoms with van der Waals surface area (Å²) in [5, 5.41) is 6.15. The van der Waals surface area contributed by atoms with Gasteiger partial charge in [-0.05, 0) is 32.6 Å². The van der Waals surface area contributed by atoms with E-state index in [9.17, 15) is 4.79 Å². The van der Waals surface area contributed by atoms with Gasteiger partial charge in [-0.15, -0.1) is 0 Å². The van der Waals surface area contributed by atoms with Crippen molar-refractivity contribution in [3.63, 3.8) is 0 Å². The van der Waals surface area contributed by atoms with E-state index in [-0.39, 0.29) is 11.5 Å². The highest BCUT2D eigenvalue weighted by Crippen LogP contribution is 2.34. The SMILES string of the molecule is CCNC(=O)CNC1CCOC2(CCOCC2)C1. The predicted octanol–water partition coefficient (Wildman–Crippen LogP) is 0.440. The summed E-state index contributed by atoms with van der Waals surface area (Å²) in [6, 6.07) is 0.388. The van der Waals surface area contributed by atoms with Crippen LogP contribution in [0.2, 0.25) is 0 Å². The highest BCUT2D eigenvalue weighted by Gasteiger charge is 2.38. The lowest BCUT2D eigenvalue weighted by atomic mass is 9.84. The highest BCUT2D eigenvalue weighted by atomic mass is 16.5. The first kappa shape index (κ1) is 13.8. The molecule has 1 atom stereocenters. The molecular weight excluding hydrogens is 232 g/mol. The molecule has 2 N–H and O–H groups in total. The quantitative estimate of drug-likeness (QED) is 0.766. The number of nitrogens with one attached hydrogen (secondary N) is 2. The van der Waals surface area contributed by atoms with Gasteiger partial charge in [0.1, 0.15) is 0 Å².